The minimum atomic E-state index is -0.381. The van der Waals surface area contributed by atoms with Crippen LogP contribution < -0.4 is 5.32 Å². The van der Waals surface area contributed by atoms with Crippen LogP contribution in [0.2, 0.25) is 0 Å². The summed E-state index contributed by atoms with van der Waals surface area (Å²) in [6.45, 7) is 12.7. The summed E-state index contributed by atoms with van der Waals surface area (Å²) in [6, 6.07) is -0.730. The predicted molar refractivity (Wildman–Crippen MR) is 85.8 cm³/mol. The Bertz CT molecular complexity index is 413. The highest BCUT2D eigenvalue weighted by Crippen LogP contribution is 2.23. The van der Waals surface area contributed by atoms with E-state index in [2.05, 4.69) is 12.2 Å². The minimum Gasteiger partial charge on any atom is -0.342 e. The Morgan fingerprint density at radius 1 is 1.19 bits per heavy atom. The van der Waals surface area contributed by atoms with E-state index in [1.54, 1.807) is 4.90 Å². The molecule has 1 rings (SSSR count). The maximum atomic E-state index is 12.8. The zero-order chi connectivity index (χ0) is 16.2. The second-order valence-electron chi connectivity index (χ2n) is 6.47. The van der Waals surface area contributed by atoms with Crippen LogP contribution in [0.5, 0.6) is 0 Å². The van der Waals surface area contributed by atoms with E-state index in [1.165, 1.54) is 0 Å². The largest absolute Gasteiger partial charge is 0.342 e. The molecule has 1 saturated heterocycles. The molecule has 4 atom stereocenters. The first-order chi connectivity index (χ1) is 9.83. The number of allylic oxidation sites excluding steroid dienone is 1. The molecule has 4 unspecified atom stereocenters. The van der Waals surface area contributed by atoms with E-state index >= 15 is 0 Å². The number of piperazine rings is 1. The van der Waals surface area contributed by atoms with E-state index in [4.69, 9.17) is 0 Å². The maximum Gasteiger partial charge on any atom is 0.246 e. The second-order valence-corrected chi connectivity index (χ2v) is 6.47. The topological polar surface area (TPSA) is 49.4 Å². The van der Waals surface area contributed by atoms with Gasteiger partial charge in [-0.25, -0.2) is 0 Å². The quantitative estimate of drug-likeness (QED) is 0.766. The number of nitrogens with zero attached hydrogens (tertiary/aromatic N) is 1. The average molecular weight is 294 g/mol. The lowest BCUT2D eigenvalue weighted by Crippen LogP contribution is -2.66. The first-order valence-corrected chi connectivity index (χ1v) is 8.07. The Kier molecular flexibility index (Phi) is 6.43. The molecule has 1 aliphatic rings. The van der Waals surface area contributed by atoms with Gasteiger partial charge in [-0.2, -0.15) is 0 Å². The summed E-state index contributed by atoms with van der Waals surface area (Å²) in [7, 11) is 0. The molecule has 0 spiro atoms. The van der Waals surface area contributed by atoms with E-state index < -0.39 is 0 Å². The molecular formula is C17H30N2O2. The summed E-state index contributed by atoms with van der Waals surface area (Å²) in [6.07, 6.45) is 3.78. The van der Waals surface area contributed by atoms with Crippen LogP contribution in [0, 0.1) is 11.8 Å². The smallest absolute Gasteiger partial charge is 0.246 e. The highest BCUT2D eigenvalue weighted by atomic mass is 16.2. The normalized spacial score (nSPS) is 25.3. The summed E-state index contributed by atoms with van der Waals surface area (Å²) in [5.74, 6) is 0.383. The summed E-state index contributed by atoms with van der Waals surface area (Å²) in [5.41, 5.74) is 1.16. The summed E-state index contributed by atoms with van der Waals surface area (Å²) >= 11 is 0. The number of rotatable bonds is 6. The van der Waals surface area contributed by atoms with Gasteiger partial charge in [0.25, 0.3) is 0 Å². The van der Waals surface area contributed by atoms with Crippen molar-refractivity contribution in [2.45, 2.75) is 66.5 Å². The molecule has 4 nitrogen and oxygen atoms in total. The molecule has 0 saturated carbocycles. The fourth-order valence-corrected chi connectivity index (χ4v) is 2.65. The molecule has 1 aliphatic heterocycles. The SMILES string of the molecule is CCC(C)C1NC(=O)C(C(C)CC)N(CC=C(C)C)C1=O. The number of hydrogen-bond donors (Lipinski definition) is 1. The predicted octanol–water partition coefficient (Wildman–Crippen LogP) is 2.74. The molecule has 0 aromatic carbocycles. The molecule has 0 bridgehead atoms. The molecule has 0 aliphatic carbocycles. The minimum absolute atomic E-state index is 0.00333. The maximum absolute atomic E-state index is 12.8. The Balaban J connectivity index is 3.07. The van der Waals surface area contributed by atoms with Crippen LogP contribution >= 0.6 is 0 Å². The van der Waals surface area contributed by atoms with Crippen molar-refractivity contribution in [1.82, 2.24) is 10.2 Å². The van der Waals surface area contributed by atoms with Crippen LogP contribution in [-0.2, 0) is 9.59 Å². The monoisotopic (exact) mass is 294 g/mol. The van der Waals surface area contributed by atoms with Crippen LogP contribution in [0.4, 0.5) is 0 Å². The van der Waals surface area contributed by atoms with Crippen molar-refractivity contribution >= 4 is 11.8 Å². The second kappa shape index (κ2) is 7.62. The number of hydrogen-bond acceptors (Lipinski definition) is 2. The van der Waals surface area contributed by atoms with E-state index in [0.29, 0.717) is 6.54 Å². The van der Waals surface area contributed by atoms with Crippen LogP contribution in [0.3, 0.4) is 0 Å². The zero-order valence-electron chi connectivity index (χ0n) is 14.3. The summed E-state index contributed by atoms with van der Waals surface area (Å²) in [4.78, 5) is 27.1. The van der Waals surface area contributed by atoms with Gasteiger partial charge in [0.15, 0.2) is 0 Å². The van der Waals surface area contributed by atoms with Crippen LogP contribution in [0.1, 0.15) is 54.4 Å². The molecule has 2 amide bonds. The molecule has 4 heteroatoms. The van der Waals surface area contributed by atoms with Gasteiger partial charge >= 0.3 is 0 Å². The third-order valence-electron chi connectivity index (χ3n) is 4.54. The first kappa shape index (κ1) is 17.7. The van der Waals surface area contributed by atoms with Crippen molar-refractivity contribution in [3.05, 3.63) is 11.6 Å². The lowest BCUT2D eigenvalue weighted by molar-refractivity contribution is -0.152. The van der Waals surface area contributed by atoms with Crippen molar-refractivity contribution < 1.29 is 9.59 Å². The molecule has 0 aromatic heterocycles. The molecule has 1 heterocycles. The number of carbonyl (C=O) groups excluding carboxylic acids is 2. The van der Waals surface area contributed by atoms with Gasteiger partial charge in [-0.15, -0.1) is 0 Å². The molecular weight excluding hydrogens is 264 g/mol. The molecule has 1 N–H and O–H groups in total. The van der Waals surface area contributed by atoms with E-state index in [1.807, 2.05) is 40.7 Å². The van der Waals surface area contributed by atoms with Crippen molar-refractivity contribution in [3.63, 3.8) is 0 Å². The van der Waals surface area contributed by atoms with Crippen LogP contribution in [-0.4, -0.2) is 35.3 Å². The van der Waals surface area contributed by atoms with Gasteiger partial charge < -0.3 is 10.2 Å². The zero-order valence-corrected chi connectivity index (χ0v) is 14.3. The molecule has 0 aromatic rings. The van der Waals surface area contributed by atoms with Crippen LogP contribution in [0.15, 0.2) is 11.6 Å². The van der Waals surface area contributed by atoms with Crippen molar-refractivity contribution in [3.8, 4) is 0 Å². The summed E-state index contributed by atoms with van der Waals surface area (Å²) < 4.78 is 0. The van der Waals surface area contributed by atoms with Crippen molar-refractivity contribution in [2.24, 2.45) is 11.8 Å². The van der Waals surface area contributed by atoms with Gasteiger partial charge in [0, 0.05) is 6.54 Å². The van der Waals surface area contributed by atoms with E-state index in [-0.39, 0.29) is 35.7 Å². The Morgan fingerprint density at radius 2 is 1.76 bits per heavy atom. The van der Waals surface area contributed by atoms with E-state index in [0.717, 1.165) is 18.4 Å². The Morgan fingerprint density at radius 3 is 2.24 bits per heavy atom. The Hall–Kier alpha value is -1.32. The third-order valence-corrected chi connectivity index (χ3v) is 4.54. The highest BCUT2D eigenvalue weighted by Gasteiger charge is 2.43. The van der Waals surface area contributed by atoms with Crippen LogP contribution in [0.25, 0.3) is 0 Å². The van der Waals surface area contributed by atoms with Gasteiger partial charge in [-0.05, 0) is 25.7 Å². The molecule has 120 valence electrons. The fraction of sp³-hybridized carbons (Fsp3) is 0.765. The van der Waals surface area contributed by atoms with Gasteiger partial charge in [0.1, 0.15) is 12.1 Å². The van der Waals surface area contributed by atoms with E-state index in [9.17, 15) is 9.59 Å². The lowest BCUT2D eigenvalue weighted by Gasteiger charge is -2.42. The fourth-order valence-electron chi connectivity index (χ4n) is 2.65. The van der Waals surface area contributed by atoms with Gasteiger partial charge in [0.05, 0.1) is 0 Å². The number of amides is 2. The van der Waals surface area contributed by atoms with Gasteiger partial charge in [0.2, 0.25) is 11.8 Å². The summed E-state index contributed by atoms with van der Waals surface area (Å²) in [5, 5.41) is 2.95. The number of carbonyl (C=O) groups is 2. The number of nitrogens with one attached hydrogen (secondary N) is 1. The standard InChI is InChI=1S/C17H30N2O2/c1-7-12(5)14-17(21)19(10-9-11(3)4)15(13(6)8-2)16(20)18-14/h9,12-15H,7-8,10H2,1-6H3,(H,18,20). The molecule has 0 radical (unpaired) electrons. The van der Waals surface area contributed by atoms with Crippen molar-refractivity contribution in [1.29, 1.82) is 0 Å². The molecule has 21 heavy (non-hydrogen) atoms. The van der Waals surface area contributed by atoms with Gasteiger partial charge in [-0.3, -0.25) is 9.59 Å². The average Bonchev–Trinajstić information content (AvgIpc) is 2.45. The van der Waals surface area contributed by atoms with Crippen molar-refractivity contribution in [2.75, 3.05) is 6.54 Å². The lowest BCUT2D eigenvalue weighted by atomic mass is 9.89. The Labute approximate surface area is 129 Å². The highest BCUT2D eigenvalue weighted by molar-refractivity contribution is 5.97. The third kappa shape index (κ3) is 4.08. The first-order valence-electron chi connectivity index (χ1n) is 8.07. The molecule has 1 fully saturated rings. The van der Waals surface area contributed by atoms with Gasteiger partial charge in [-0.1, -0.05) is 52.2 Å².